The Hall–Kier alpha value is -1.75. The fraction of sp³-hybridized carbons (Fsp3) is 0.438. The molecule has 0 bridgehead atoms. The molecule has 0 amide bonds. The van der Waals surface area contributed by atoms with Crippen molar-refractivity contribution in [3.05, 3.63) is 35.9 Å². The third kappa shape index (κ3) is 3.67. The van der Waals surface area contributed by atoms with E-state index in [1.807, 2.05) is 25.1 Å². The SMILES string of the molecule is CC(CC(=O)c1ccccc1)C(=S)N1CCC[C@H]1C(=O)O. The number of ketones is 1. The summed E-state index contributed by atoms with van der Waals surface area (Å²) >= 11 is 5.41. The van der Waals surface area contributed by atoms with Gasteiger partial charge in [0.15, 0.2) is 5.78 Å². The minimum atomic E-state index is -0.837. The predicted octanol–water partition coefficient (Wildman–Crippen LogP) is 2.77. The third-order valence-corrected chi connectivity index (χ3v) is 4.47. The van der Waals surface area contributed by atoms with E-state index in [0.29, 0.717) is 29.9 Å². The van der Waals surface area contributed by atoms with Crippen molar-refractivity contribution in [3.8, 4) is 0 Å². The van der Waals surface area contributed by atoms with Gasteiger partial charge in [0.25, 0.3) is 0 Å². The lowest BCUT2D eigenvalue weighted by atomic mass is 9.99. The molecule has 4 nitrogen and oxygen atoms in total. The van der Waals surface area contributed by atoms with Gasteiger partial charge in [0.05, 0.1) is 4.99 Å². The van der Waals surface area contributed by atoms with E-state index in [2.05, 4.69) is 0 Å². The van der Waals surface area contributed by atoms with Gasteiger partial charge in [-0.05, 0) is 12.8 Å². The van der Waals surface area contributed by atoms with Crippen molar-refractivity contribution in [1.29, 1.82) is 0 Å². The highest BCUT2D eigenvalue weighted by Crippen LogP contribution is 2.23. The highest BCUT2D eigenvalue weighted by molar-refractivity contribution is 7.80. The van der Waals surface area contributed by atoms with Crippen LogP contribution < -0.4 is 0 Å². The van der Waals surface area contributed by atoms with Crippen LogP contribution in [0, 0.1) is 5.92 Å². The van der Waals surface area contributed by atoms with Crippen LogP contribution in [0.2, 0.25) is 0 Å². The number of carbonyl (C=O) groups excluding carboxylic acids is 1. The second-order valence-electron chi connectivity index (χ2n) is 5.42. The lowest BCUT2D eigenvalue weighted by Crippen LogP contribution is -2.42. The molecular weight excluding hydrogens is 286 g/mol. The van der Waals surface area contributed by atoms with E-state index < -0.39 is 12.0 Å². The highest BCUT2D eigenvalue weighted by atomic mass is 32.1. The van der Waals surface area contributed by atoms with Crippen LogP contribution in [0.5, 0.6) is 0 Å². The largest absolute Gasteiger partial charge is 0.480 e. The predicted molar refractivity (Wildman–Crippen MR) is 84.5 cm³/mol. The van der Waals surface area contributed by atoms with E-state index >= 15 is 0 Å². The molecule has 5 heteroatoms. The number of carboxylic acids is 1. The number of aliphatic carboxylic acids is 1. The summed E-state index contributed by atoms with van der Waals surface area (Å²) in [5, 5.41) is 9.21. The number of benzene rings is 1. The molecule has 1 aromatic rings. The Balaban J connectivity index is 2.00. The van der Waals surface area contributed by atoms with E-state index in [9.17, 15) is 14.7 Å². The molecule has 0 aliphatic carbocycles. The smallest absolute Gasteiger partial charge is 0.326 e. The molecule has 0 saturated carbocycles. The summed E-state index contributed by atoms with van der Waals surface area (Å²) in [6.07, 6.45) is 1.76. The van der Waals surface area contributed by atoms with Crippen LogP contribution in [-0.2, 0) is 4.79 Å². The minimum absolute atomic E-state index is 0.0384. The number of nitrogens with zero attached hydrogens (tertiary/aromatic N) is 1. The van der Waals surface area contributed by atoms with Crippen LogP contribution in [0.15, 0.2) is 30.3 Å². The first-order valence-corrected chi connectivity index (χ1v) is 7.53. The van der Waals surface area contributed by atoms with E-state index in [0.717, 1.165) is 6.42 Å². The number of likely N-dealkylation sites (tertiary alicyclic amines) is 1. The van der Waals surface area contributed by atoms with E-state index in [-0.39, 0.29) is 11.7 Å². The average Bonchev–Trinajstić information content (AvgIpc) is 2.96. The monoisotopic (exact) mass is 305 g/mol. The van der Waals surface area contributed by atoms with Gasteiger partial charge in [-0.1, -0.05) is 49.5 Å². The molecule has 1 heterocycles. The van der Waals surface area contributed by atoms with Crippen molar-refractivity contribution in [3.63, 3.8) is 0 Å². The number of rotatable bonds is 5. The second-order valence-corrected chi connectivity index (χ2v) is 5.84. The van der Waals surface area contributed by atoms with Gasteiger partial charge in [0, 0.05) is 24.4 Å². The highest BCUT2D eigenvalue weighted by Gasteiger charge is 2.34. The van der Waals surface area contributed by atoms with Crippen molar-refractivity contribution in [2.24, 2.45) is 5.92 Å². The van der Waals surface area contributed by atoms with Crippen LogP contribution in [-0.4, -0.2) is 39.3 Å². The Morgan fingerprint density at radius 2 is 2.05 bits per heavy atom. The van der Waals surface area contributed by atoms with Gasteiger partial charge in [-0.2, -0.15) is 0 Å². The summed E-state index contributed by atoms with van der Waals surface area (Å²) in [5.41, 5.74) is 0.670. The van der Waals surface area contributed by atoms with Crippen molar-refractivity contribution in [2.75, 3.05) is 6.54 Å². The van der Waals surface area contributed by atoms with Crippen molar-refractivity contribution >= 4 is 29.0 Å². The quantitative estimate of drug-likeness (QED) is 0.669. The van der Waals surface area contributed by atoms with Crippen LogP contribution in [0.25, 0.3) is 0 Å². The van der Waals surface area contributed by atoms with Crippen molar-refractivity contribution in [2.45, 2.75) is 32.2 Å². The number of Topliss-reactive ketones (excluding diaryl/α,β-unsaturated/α-hetero) is 1. The first-order valence-electron chi connectivity index (χ1n) is 7.12. The average molecular weight is 305 g/mol. The Labute approximate surface area is 129 Å². The van der Waals surface area contributed by atoms with Gasteiger partial charge < -0.3 is 10.0 Å². The lowest BCUT2D eigenvalue weighted by molar-refractivity contribution is -0.140. The third-order valence-electron chi connectivity index (χ3n) is 3.83. The molecule has 2 rings (SSSR count). The van der Waals surface area contributed by atoms with Gasteiger partial charge in [0.2, 0.25) is 0 Å². The van der Waals surface area contributed by atoms with Crippen LogP contribution in [0.1, 0.15) is 36.5 Å². The fourth-order valence-electron chi connectivity index (χ4n) is 2.68. The zero-order valence-electron chi connectivity index (χ0n) is 12.0. The maximum Gasteiger partial charge on any atom is 0.326 e. The molecule has 1 unspecified atom stereocenters. The Morgan fingerprint density at radius 3 is 2.67 bits per heavy atom. The van der Waals surface area contributed by atoms with Gasteiger partial charge in [-0.15, -0.1) is 0 Å². The van der Waals surface area contributed by atoms with E-state index in [1.54, 1.807) is 17.0 Å². The lowest BCUT2D eigenvalue weighted by Gasteiger charge is -2.27. The summed E-state index contributed by atoms with van der Waals surface area (Å²) in [4.78, 5) is 25.8. The standard InChI is InChI=1S/C16H19NO3S/c1-11(10-14(18)12-6-3-2-4-7-12)15(21)17-9-5-8-13(17)16(19)20/h2-4,6-7,11,13H,5,8-10H2,1H3,(H,19,20)/t11?,13-/m0/s1. The van der Waals surface area contributed by atoms with E-state index in [1.165, 1.54) is 0 Å². The number of thiocarbonyl (C=S) groups is 1. The van der Waals surface area contributed by atoms with Gasteiger partial charge in [-0.3, -0.25) is 4.79 Å². The molecule has 0 radical (unpaired) electrons. The Morgan fingerprint density at radius 1 is 1.38 bits per heavy atom. The summed E-state index contributed by atoms with van der Waals surface area (Å²) < 4.78 is 0. The molecule has 112 valence electrons. The molecule has 1 aromatic carbocycles. The van der Waals surface area contributed by atoms with E-state index in [4.69, 9.17) is 12.2 Å². The maximum atomic E-state index is 12.2. The molecular formula is C16H19NO3S. The topological polar surface area (TPSA) is 57.6 Å². The molecule has 1 N–H and O–H groups in total. The maximum absolute atomic E-state index is 12.2. The molecule has 2 atom stereocenters. The number of hydrogen-bond acceptors (Lipinski definition) is 3. The molecule has 1 saturated heterocycles. The Kier molecular flexibility index (Phi) is 5.07. The van der Waals surface area contributed by atoms with Gasteiger partial charge >= 0.3 is 5.97 Å². The summed E-state index contributed by atoms with van der Waals surface area (Å²) in [6.45, 7) is 2.56. The minimum Gasteiger partial charge on any atom is -0.480 e. The summed E-state index contributed by atoms with van der Waals surface area (Å²) in [5.74, 6) is -0.930. The van der Waals surface area contributed by atoms with Crippen LogP contribution >= 0.6 is 12.2 Å². The first-order chi connectivity index (χ1) is 10.0. The molecule has 21 heavy (non-hydrogen) atoms. The second kappa shape index (κ2) is 6.80. The fourth-order valence-corrected chi connectivity index (χ4v) is 2.98. The number of carboxylic acid groups (broad SMARTS) is 1. The summed E-state index contributed by atoms with van der Waals surface area (Å²) in [6, 6.07) is 8.56. The van der Waals surface area contributed by atoms with Gasteiger partial charge in [-0.25, -0.2) is 4.79 Å². The molecule has 1 aliphatic rings. The zero-order chi connectivity index (χ0) is 15.4. The zero-order valence-corrected chi connectivity index (χ0v) is 12.8. The first kappa shape index (κ1) is 15.6. The van der Waals surface area contributed by atoms with Crippen molar-refractivity contribution in [1.82, 2.24) is 4.90 Å². The number of carbonyl (C=O) groups is 2. The molecule has 1 fully saturated rings. The normalized spacial score (nSPS) is 19.3. The number of hydrogen-bond donors (Lipinski definition) is 1. The Bertz CT molecular complexity index is 544. The molecule has 0 spiro atoms. The summed E-state index contributed by atoms with van der Waals surface area (Å²) in [7, 11) is 0. The van der Waals surface area contributed by atoms with Crippen molar-refractivity contribution < 1.29 is 14.7 Å². The molecule has 1 aliphatic heterocycles. The van der Waals surface area contributed by atoms with Crippen LogP contribution in [0.3, 0.4) is 0 Å². The van der Waals surface area contributed by atoms with Gasteiger partial charge in [0.1, 0.15) is 6.04 Å². The molecule has 0 aromatic heterocycles. The van der Waals surface area contributed by atoms with Crippen LogP contribution in [0.4, 0.5) is 0 Å².